The van der Waals surface area contributed by atoms with Gasteiger partial charge in [0.2, 0.25) is 5.95 Å². The van der Waals surface area contributed by atoms with Gasteiger partial charge in [0.25, 0.3) is 0 Å². The van der Waals surface area contributed by atoms with Crippen molar-refractivity contribution >= 4 is 11.9 Å². The Kier molecular flexibility index (Phi) is 4.73. The largest absolute Gasteiger partial charge is 0.481 e. The summed E-state index contributed by atoms with van der Waals surface area (Å²) >= 11 is 0. The molecule has 2 atom stereocenters. The summed E-state index contributed by atoms with van der Waals surface area (Å²) in [6, 6.07) is 1.60. The van der Waals surface area contributed by atoms with Crippen molar-refractivity contribution in [1.29, 1.82) is 0 Å². The summed E-state index contributed by atoms with van der Waals surface area (Å²) in [6.45, 7) is 0. The van der Waals surface area contributed by atoms with Crippen LogP contribution in [-0.4, -0.2) is 33.2 Å². The van der Waals surface area contributed by atoms with Crippen molar-refractivity contribution in [2.45, 2.75) is 18.9 Å². The highest BCUT2D eigenvalue weighted by atomic mass is 19.1. The van der Waals surface area contributed by atoms with E-state index < -0.39 is 29.8 Å². The number of halogens is 1. The van der Waals surface area contributed by atoms with E-state index in [1.54, 1.807) is 0 Å². The van der Waals surface area contributed by atoms with E-state index in [1.165, 1.54) is 18.3 Å². The Morgan fingerprint density at radius 3 is 2.56 bits per heavy atom. The Hall–Kier alpha value is -2.02. The van der Waals surface area contributed by atoms with E-state index in [0.29, 0.717) is 0 Å². The second kappa shape index (κ2) is 6.06. The van der Waals surface area contributed by atoms with Gasteiger partial charge in [0.15, 0.2) is 0 Å². The smallest absolute Gasteiger partial charge is 0.320 e. The maximum atomic E-state index is 13.3. The van der Waals surface area contributed by atoms with Crippen LogP contribution < -0.4 is 5.73 Å². The highest BCUT2D eigenvalue weighted by Gasteiger charge is 2.25. The molecule has 0 amide bonds. The van der Waals surface area contributed by atoms with Gasteiger partial charge in [0, 0.05) is 11.8 Å². The number of carbonyl (C=O) groups is 2. The van der Waals surface area contributed by atoms with E-state index >= 15 is 0 Å². The zero-order chi connectivity index (χ0) is 13.7. The molecule has 0 aromatic carbocycles. The number of carboxylic acid groups (broad SMARTS) is 2. The van der Waals surface area contributed by atoms with Crippen LogP contribution in [0.3, 0.4) is 0 Å². The van der Waals surface area contributed by atoms with Crippen molar-refractivity contribution in [3.63, 3.8) is 0 Å². The van der Waals surface area contributed by atoms with Crippen LogP contribution in [0.5, 0.6) is 0 Å². The molecule has 6 nitrogen and oxygen atoms in total. The van der Waals surface area contributed by atoms with Gasteiger partial charge in [-0.1, -0.05) is 6.07 Å². The molecule has 1 rings (SSSR count). The maximum Gasteiger partial charge on any atom is 0.320 e. The van der Waals surface area contributed by atoms with E-state index in [1.807, 2.05) is 0 Å². The summed E-state index contributed by atoms with van der Waals surface area (Å²) in [4.78, 5) is 25.0. The molecule has 0 fully saturated rings. The first-order valence-electron chi connectivity index (χ1n) is 5.22. The molecule has 0 bridgehead atoms. The van der Waals surface area contributed by atoms with Gasteiger partial charge in [-0.2, -0.15) is 4.39 Å². The first-order valence-corrected chi connectivity index (χ1v) is 5.22. The van der Waals surface area contributed by atoms with Crippen LogP contribution in [0.25, 0.3) is 0 Å². The lowest BCUT2D eigenvalue weighted by atomic mass is 9.93. The Bertz CT molecular complexity index is 452. The van der Waals surface area contributed by atoms with Crippen LogP contribution in [0.2, 0.25) is 0 Å². The number of nitrogens with two attached hydrogens (primary N) is 1. The third kappa shape index (κ3) is 3.77. The van der Waals surface area contributed by atoms with Crippen molar-refractivity contribution in [3.05, 3.63) is 29.8 Å². The van der Waals surface area contributed by atoms with Crippen molar-refractivity contribution in [3.8, 4) is 0 Å². The number of rotatable bonds is 6. The molecule has 4 N–H and O–H groups in total. The second-order valence-corrected chi connectivity index (χ2v) is 3.87. The molecule has 0 spiro atoms. The van der Waals surface area contributed by atoms with Gasteiger partial charge in [-0.3, -0.25) is 9.59 Å². The molecule has 0 saturated heterocycles. The minimum Gasteiger partial charge on any atom is -0.481 e. The van der Waals surface area contributed by atoms with Gasteiger partial charge in [-0.05, 0) is 18.9 Å². The average molecular weight is 256 g/mol. The van der Waals surface area contributed by atoms with Crippen molar-refractivity contribution in [2.24, 2.45) is 11.7 Å². The zero-order valence-corrected chi connectivity index (χ0v) is 9.41. The quantitative estimate of drug-likeness (QED) is 0.629. The molecule has 0 aliphatic rings. The fourth-order valence-corrected chi connectivity index (χ4v) is 1.52. The lowest BCUT2D eigenvalue weighted by Gasteiger charge is -2.14. The van der Waals surface area contributed by atoms with Gasteiger partial charge in [0.05, 0.1) is 5.92 Å². The van der Waals surface area contributed by atoms with Crippen molar-refractivity contribution < 1.29 is 24.2 Å². The van der Waals surface area contributed by atoms with Gasteiger partial charge in [-0.25, -0.2) is 4.98 Å². The molecule has 1 heterocycles. The fraction of sp³-hybridized carbons (Fsp3) is 0.364. The summed E-state index contributed by atoms with van der Waals surface area (Å²) in [5, 5.41) is 17.6. The Balaban J connectivity index is 2.78. The van der Waals surface area contributed by atoms with Gasteiger partial charge in [0.1, 0.15) is 6.04 Å². The van der Waals surface area contributed by atoms with Crippen LogP contribution in [-0.2, 0) is 16.0 Å². The zero-order valence-electron chi connectivity index (χ0n) is 9.41. The molecule has 0 saturated carbocycles. The third-order valence-electron chi connectivity index (χ3n) is 2.51. The van der Waals surface area contributed by atoms with Crippen LogP contribution in [0.4, 0.5) is 4.39 Å². The summed E-state index contributed by atoms with van der Waals surface area (Å²) in [5.41, 5.74) is 5.40. The number of pyridine rings is 1. The summed E-state index contributed by atoms with van der Waals surface area (Å²) < 4.78 is 13.3. The van der Waals surface area contributed by atoms with Gasteiger partial charge >= 0.3 is 11.9 Å². The number of aromatic nitrogens is 1. The predicted octanol–water partition coefficient (Wildman–Crippen LogP) is 0.266. The summed E-state index contributed by atoms with van der Waals surface area (Å²) in [5.74, 6) is -4.31. The highest BCUT2D eigenvalue weighted by molar-refractivity contribution is 5.76. The molecule has 98 valence electrons. The number of aliphatic carboxylic acids is 2. The molecule has 7 heteroatoms. The van der Waals surface area contributed by atoms with Gasteiger partial charge < -0.3 is 15.9 Å². The van der Waals surface area contributed by atoms with E-state index in [0.717, 1.165) is 0 Å². The summed E-state index contributed by atoms with van der Waals surface area (Å²) in [6.07, 6.45) is 0.840. The van der Waals surface area contributed by atoms with E-state index in [9.17, 15) is 14.0 Å². The molecule has 1 aromatic rings. The summed E-state index contributed by atoms with van der Waals surface area (Å²) in [7, 11) is 0. The average Bonchev–Trinajstić information content (AvgIpc) is 2.30. The maximum absolute atomic E-state index is 13.3. The minimum atomic E-state index is -1.29. The highest BCUT2D eigenvalue weighted by Crippen LogP contribution is 2.16. The second-order valence-electron chi connectivity index (χ2n) is 3.87. The lowest BCUT2D eigenvalue weighted by molar-refractivity contribution is -0.143. The van der Waals surface area contributed by atoms with Crippen LogP contribution in [0.15, 0.2) is 18.3 Å². The van der Waals surface area contributed by atoms with Gasteiger partial charge in [-0.15, -0.1) is 0 Å². The molecule has 1 aromatic heterocycles. The number of hydrogen-bond donors (Lipinski definition) is 3. The number of hydrogen-bond acceptors (Lipinski definition) is 4. The molecular weight excluding hydrogens is 243 g/mol. The standard InChI is InChI=1S/C11H13FN2O4/c12-9-6(2-1-3-14-9)4-7(10(15)16)5-8(13)11(17)18/h1-3,7-8H,4-5,13H2,(H,15,16)(H,17,18). The first-order chi connectivity index (χ1) is 8.41. The Labute approximate surface area is 102 Å². The van der Waals surface area contributed by atoms with Crippen molar-refractivity contribution in [1.82, 2.24) is 4.98 Å². The monoisotopic (exact) mass is 256 g/mol. The van der Waals surface area contributed by atoms with E-state index in [4.69, 9.17) is 15.9 Å². The molecule has 2 unspecified atom stereocenters. The van der Waals surface area contributed by atoms with Crippen molar-refractivity contribution in [2.75, 3.05) is 0 Å². The lowest BCUT2D eigenvalue weighted by Crippen LogP contribution is -2.35. The molecule has 18 heavy (non-hydrogen) atoms. The molecule has 0 aliphatic heterocycles. The normalized spacial score (nSPS) is 13.9. The number of nitrogens with zero attached hydrogens (tertiary/aromatic N) is 1. The number of carboxylic acids is 2. The Morgan fingerprint density at radius 1 is 1.39 bits per heavy atom. The van der Waals surface area contributed by atoms with Crippen LogP contribution >= 0.6 is 0 Å². The van der Waals surface area contributed by atoms with Crippen LogP contribution in [0.1, 0.15) is 12.0 Å². The van der Waals surface area contributed by atoms with E-state index in [-0.39, 0.29) is 18.4 Å². The SMILES string of the molecule is NC(CC(Cc1cccnc1F)C(=O)O)C(=O)O. The van der Waals surface area contributed by atoms with E-state index in [2.05, 4.69) is 4.98 Å². The third-order valence-corrected chi connectivity index (χ3v) is 2.51. The topological polar surface area (TPSA) is 114 Å². The fourth-order valence-electron chi connectivity index (χ4n) is 1.52. The Morgan fingerprint density at radius 2 is 2.06 bits per heavy atom. The predicted molar refractivity (Wildman–Crippen MR) is 59.3 cm³/mol. The first kappa shape index (κ1) is 14.0. The van der Waals surface area contributed by atoms with Crippen LogP contribution in [0, 0.1) is 11.9 Å². The molecule has 0 radical (unpaired) electrons. The molecular formula is C11H13FN2O4. The minimum absolute atomic E-state index is 0.127. The molecule has 0 aliphatic carbocycles.